The summed E-state index contributed by atoms with van der Waals surface area (Å²) in [5.74, 6) is 0. The van der Waals surface area contributed by atoms with E-state index >= 15 is 0 Å². The normalized spacial score (nSPS) is 11.2. The van der Waals surface area contributed by atoms with Gasteiger partial charge in [0.15, 0.2) is 0 Å². The molecule has 0 atom stereocenters. The zero-order chi connectivity index (χ0) is 13.8. The molecule has 0 aliphatic heterocycles. The molecular weight excluding hydrogens is 236 g/mol. The van der Waals surface area contributed by atoms with Crippen molar-refractivity contribution in [3.05, 3.63) is 28.8 Å². The maximum atomic E-state index is 4.75. The van der Waals surface area contributed by atoms with E-state index in [1.54, 1.807) is 0 Å². The number of aromatic amines is 1. The minimum atomic E-state index is 0.931. The van der Waals surface area contributed by atoms with Gasteiger partial charge in [-0.05, 0) is 31.7 Å². The van der Waals surface area contributed by atoms with Crippen molar-refractivity contribution >= 4 is 0 Å². The maximum Gasteiger partial charge on any atom is 0.109 e. The highest BCUT2D eigenvalue weighted by molar-refractivity contribution is 5.43. The molecule has 2 heterocycles. The first-order valence-electron chi connectivity index (χ1n) is 7.39. The second-order valence-electron chi connectivity index (χ2n) is 4.85. The first-order valence-corrected chi connectivity index (χ1v) is 7.39. The number of H-pyrrole nitrogens is 1. The highest BCUT2D eigenvalue weighted by Gasteiger charge is 2.17. The molecule has 0 fully saturated rings. The molecule has 104 valence electrons. The largest absolute Gasteiger partial charge is 0.280 e. The van der Waals surface area contributed by atoms with E-state index in [2.05, 4.69) is 48.6 Å². The topological polar surface area (TPSA) is 46.5 Å². The van der Waals surface area contributed by atoms with Gasteiger partial charge in [0.25, 0.3) is 0 Å². The van der Waals surface area contributed by atoms with Crippen LogP contribution in [0, 0.1) is 0 Å². The van der Waals surface area contributed by atoms with Crippen LogP contribution in [0.5, 0.6) is 0 Å². The second kappa shape index (κ2) is 6.04. The van der Waals surface area contributed by atoms with Gasteiger partial charge in [-0.15, -0.1) is 0 Å². The van der Waals surface area contributed by atoms with Crippen molar-refractivity contribution in [2.75, 3.05) is 0 Å². The predicted octanol–water partition coefficient (Wildman–Crippen LogP) is 3.24. The molecule has 2 aromatic rings. The molecule has 0 bridgehead atoms. The van der Waals surface area contributed by atoms with Gasteiger partial charge in [0.2, 0.25) is 0 Å². The fourth-order valence-corrected chi connectivity index (χ4v) is 2.43. The number of hydrogen-bond donors (Lipinski definition) is 1. The molecule has 0 saturated heterocycles. The summed E-state index contributed by atoms with van der Waals surface area (Å²) in [7, 11) is 0. The van der Waals surface area contributed by atoms with E-state index in [1.165, 1.54) is 17.1 Å². The van der Waals surface area contributed by atoms with Crippen molar-refractivity contribution in [2.45, 2.75) is 59.8 Å². The molecule has 0 aliphatic carbocycles. The summed E-state index contributed by atoms with van der Waals surface area (Å²) in [6.45, 7) is 8.66. The third-order valence-corrected chi connectivity index (χ3v) is 3.49. The summed E-state index contributed by atoms with van der Waals surface area (Å²) in [5, 5.41) is 12.4. The fourth-order valence-electron chi connectivity index (χ4n) is 2.43. The average molecular weight is 260 g/mol. The highest BCUT2D eigenvalue weighted by atomic mass is 15.3. The highest BCUT2D eigenvalue weighted by Crippen LogP contribution is 2.22. The van der Waals surface area contributed by atoms with Crippen molar-refractivity contribution in [3.63, 3.8) is 0 Å². The van der Waals surface area contributed by atoms with Gasteiger partial charge in [-0.3, -0.25) is 5.10 Å². The van der Waals surface area contributed by atoms with Crippen molar-refractivity contribution in [1.29, 1.82) is 0 Å². The number of nitrogens with one attached hydrogen (secondary N) is 1. The Hall–Kier alpha value is -1.58. The molecule has 4 nitrogen and oxygen atoms in total. The van der Waals surface area contributed by atoms with Crippen molar-refractivity contribution in [1.82, 2.24) is 20.0 Å². The van der Waals surface area contributed by atoms with E-state index in [0.29, 0.717) is 0 Å². The maximum absolute atomic E-state index is 4.75. The molecule has 19 heavy (non-hydrogen) atoms. The van der Waals surface area contributed by atoms with Gasteiger partial charge in [0.05, 0.1) is 17.1 Å². The number of rotatable bonds is 6. The van der Waals surface area contributed by atoms with Crippen LogP contribution in [0.15, 0.2) is 6.07 Å². The predicted molar refractivity (Wildman–Crippen MR) is 77.8 cm³/mol. The Morgan fingerprint density at radius 3 is 2.47 bits per heavy atom. The minimum Gasteiger partial charge on any atom is -0.280 e. The van der Waals surface area contributed by atoms with Crippen LogP contribution < -0.4 is 0 Å². The van der Waals surface area contributed by atoms with Crippen molar-refractivity contribution in [2.24, 2.45) is 0 Å². The van der Waals surface area contributed by atoms with Gasteiger partial charge < -0.3 is 0 Å². The lowest BCUT2D eigenvalue weighted by Gasteiger charge is -2.08. The summed E-state index contributed by atoms with van der Waals surface area (Å²) in [4.78, 5) is 0. The molecule has 4 heteroatoms. The Morgan fingerprint density at radius 1 is 1.11 bits per heavy atom. The Labute approximate surface area is 115 Å². The lowest BCUT2D eigenvalue weighted by Crippen LogP contribution is -2.06. The van der Waals surface area contributed by atoms with E-state index in [9.17, 15) is 0 Å². The molecule has 0 spiro atoms. The van der Waals surface area contributed by atoms with Crippen LogP contribution in [0.1, 0.15) is 56.9 Å². The van der Waals surface area contributed by atoms with Crippen LogP contribution in [0.3, 0.4) is 0 Å². The summed E-state index contributed by atoms with van der Waals surface area (Å²) in [6, 6.07) is 2.21. The van der Waals surface area contributed by atoms with Crippen LogP contribution in [-0.4, -0.2) is 20.0 Å². The third kappa shape index (κ3) is 2.57. The SMILES string of the molecule is CCCc1[nH]nc(CC)c1-n1nc(CC)cc1CC. The fraction of sp³-hybridized carbons (Fsp3) is 0.600. The zero-order valence-electron chi connectivity index (χ0n) is 12.5. The van der Waals surface area contributed by atoms with Gasteiger partial charge in [0.1, 0.15) is 5.69 Å². The van der Waals surface area contributed by atoms with Crippen LogP contribution in [0.4, 0.5) is 0 Å². The Kier molecular flexibility index (Phi) is 4.40. The molecule has 1 N–H and O–H groups in total. The molecule has 2 rings (SSSR count). The van der Waals surface area contributed by atoms with Crippen molar-refractivity contribution < 1.29 is 0 Å². The Balaban J connectivity index is 2.55. The number of hydrogen-bond acceptors (Lipinski definition) is 2. The summed E-state index contributed by atoms with van der Waals surface area (Å²) in [5.41, 5.74) is 5.93. The quantitative estimate of drug-likeness (QED) is 0.866. The first kappa shape index (κ1) is 13.8. The molecule has 0 amide bonds. The van der Waals surface area contributed by atoms with Gasteiger partial charge in [-0.25, -0.2) is 4.68 Å². The van der Waals surface area contributed by atoms with Crippen molar-refractivity contribution in [3.8, 4) is 5.69 Å². The minimum absolute atomic E-state index is 0.931. The second-order valence-corrected chi connectivity index (χ2v) is 4.85. The molecule has 0 saturated carbocycles. The van der Waals surface area contributed by atoms with Gasteiger partial charge in [-0.2, -0.15) is 10.2 Å². The summed E-state index contributed by atoms with van der Waals surface area (Å²) >= 11 is 0. The molecule has 2 aromatic heterocycles. The van der Waals surface area contributed by atoms with E-state index in [-0.39, 0.29) is 0 Å². The van der Waals surface area contributed by atoms with E-state index in [4.69, 9.17) is 5.10 Å². The molecular formula is C15H24N4. The number of aryl methyl sites for hydroxylation is 4. The monoisotopic (exact) mass is 260 g/mol. The average Bonchev–Trinajstić information content (AvgIpc) is 3.01. The van der Waals surface area contributed by atoms with Crippen LogP contribution in [0.2, 0.25) is 0 Å². The van der Waals surface area contributed by atoms with E-state index in [0.717, 1.165) is 43.5 Å². The smallest absolute Gasteiger partial charge is 0.109 e. The standard InChI is InChI=1S/C15H24N4/c1-5-9-14-15(13(8-4)16-17-14)19-12(7-3)10-11(6-2)18-19/h10H,5-9H2,1-4H3,(H,16,17). The van der Waals surface area contributed by atoms with Crippen LogP contribution in [-0.2, 0) is 25.7 Å². The van der Waals surface area contributed by atoms with E-state index in [1.807, 2.05) is 0 Å². The molecule has 0 radical (unpaired) electrons. The van der Waals surface area contributed by atoms with E-state index < -0.39 is 0 Å². The number of aromatic nitrogens is 4. The Bertz CT molecular complexity index is 536. The summed E-state index contributed by atoms with van der Waals surface area (Å²) < 4.78 is 2.10. The Morgan fingerprint density at radius 2 is 1.89 bits per heavy atom. The number of nitrogens with zero attached hydrogens (tertiary/aromatic N) is 3. The lowest BCUT2D eigenvalue weighted by molar-refractivity contribution is 0.767. The van der Waals surface area contributed by atoms with Crippen LogP contribution >= 0.6 is 0 Å². The summed E-state index contributed by atoms with van der Waals surface area (Å²) in [6.07, 6.45) is 5.03. The van der Waals surface area contributed by atoms with Gasteiger partial charge in [0, 0.05) is 5.69 Å². The molecule has 0 unspecified atom stereocenters. The molecule has 0 aliphatic rings. The van der Waals surface area contributed by atoms with Gasteiger partial charge >= 0.3 is 0 Å². The first-order chi connectivity index (χ1) is 9.24. The molecule has 0 aromatic carbocycles. The lowest BCUT2D eigenvalue weighted by atomic mass is 10.1. The zero-order valence-corrected chi connectivity index (χ0v) is 12.5. The van der Waals surface area contributed by atoms with Gasteiger partial charge in [-0.1, -0.05) is 34.1 Å². The third-order valence-electron chi connectivity index (χ3n) is 3.49. The van der Waals surface area contributed by atoms with Crippen LogP contribution in [0.25, 0.3) is 5.69 Å².